The quantitative estimate of drug-likeness (QED) is 0.664. The number of nitrogens with two attached hydrogens (primary N) is 1. The molecule has 0 bridgehead atoms. The molecule has 1 rings (SSSR count). The van der Waals surface area contributed by atoms with E-state index in [1.807, 2.05) is 6.92 Å². The summed E-state index contributed by atoms with van der Waals surface area (Å²) in [6.45, 7) is 12.3. The maximum absolute atomic E-state index is 6.09. The molecular weight excluding hydrogens is 162 g/mol. The second-order valence-corrected chi connectivity index (χ2v) is 4.35. The lowest BCUT2D eigenvalue weighted by Gasteiger charge is -2.25. The molecule has 0 amide bonds. The minimum atomic E-state index is 0.0787. The van der Waals surface area contributed by atoms with Gasteiger partial charge in [0.1, 0.15) is 0 Å². The van der Waals surface area contributed by atoms with Gasteiger partial charge in [-0.15, -0.1) is 0 Å². The zero-order chi connectivity index (χ0) is 10.2. The summed E-state index contributed by atoms with van der Waals surface area (Å²) in [4.78, 5) is 0. The smallest absolute Gasteiger partial charge is 0.0600 e. The number of hydrogen-bond donors (Lipinski definition) is 1. The molecular formula is C11H21NO. The molecule has 0 aromatic rings. The van der Waals surface area contributed by atoms with E-state index < -0.39 is 0 Å². The number of rotatable bonds is 2. The molecule has 1 aliphatic rings. The Bertz CT molecular complexity index is 202. The van der Waals surface area contributed by atoms with Gasteiger partial charge in [0.15, 0.2) is 0 Å². The average Bonchev–Trinajstić information content (AvgIpc) is 2.26. The Hall–Kier alpha value is -0.340. The van der Waals surface area contributed by atoms with E-state index in [0.717, 1.165) is 5.57 Å². The topological polar surface area (TPSA) is 35.2 Å². The second-order valence-electron chi connectivity index (χ2n) is 4.35. The van der Waals surface area contributed by atoms with Crippen molar-refractivity contribution < 1.29 is 4.74 Å². The normalized spacial score (nSPS) is 41.9. The van der Waals surface area contributed by atoms with Crippen LogP contribution in [-0.4, -0.2) is 18.2 Å². The Morgan fingerprint density at radius 1 is 1.31 bits per heavy atom. The van der Waals surface area contributed by atoms with Crippen LogP contribution in [0.25, 0.3) is 0 Å². The number of hydrogen-bond acceptors (Lipinski definition) is 2. The van der Waals surface area contributed by atoms with Crippen LogP contribution in [0.1, 0.15) is 27.7 Å². The van der Waals surface area contributed by atoms with Crippen molar-refractivity contribution in [2.75, 3.05) is 0 Å². The monoisotopic (exact) mass is 183 g/mol. The van der Waals surface area contributed by atoms with E-state index in [1.54, 1.807) is 0 Å². The van der Waals surface area contributed by atoms with Crippen LogP contribution in [0.5, 0.6) is 0 Å². The van der Waals surface area contributed by atoms with E-state index in [1.165, 1.54) is 0 Å². The summed E-state index contributed by atoms with van der Waals surface area (Å²) < 4.78 is 5.74. The standard InChI is InChI=1S/C11H21NO/c1-6(2)11(12)10-7(3)8(4)13-9(10)5/h7-11H,1,12H2,2-5H3. The Labute approximate surface area is 81.1 Å². The summed E-state index contributed by atoms with van der Waals surface area (Å²) in [5, 5.41) is 0. The highest BCUT2D eigenvalue weighted by Crippen LogP contribution is 2.35. The molecule has 0 aromatic heterocycles. The Balaban J connectivity index is 2.73. The molecule has 0 aliphatic carbocycles. The van der Waals surface area contributed by atoms with E-state index in [0.29, 0.717) is 17.9 Å². The molecule has 1 aliphatic heterocycles. The van der Waals surface area contributed by atoms with Gasteiger partial charge in [0.25, 0.3) is 0 Å². The fraction of sp³-hybridized carbons (Fsp3) is 0.818. The molecule has 5 unspecified atom stereocenters. The molecule has 0 radical (unpaired) electrons. The van der Waals surface area contributed by atoms with Gasteiger partial charge in [0.05, 0.1) is 12.2 Å². The Morgan fingerprint density at radius 2 is 1.85 bits per heavy atom. The van der Waals surface area contributed by atoms with Crippen molar-refractivity contribution in [2.45, 2.75) is 45.9 Å². The van der Waals surface area contributed by atoms with Crippen molar-refractivity contribution in [3.05, 3.63) is 12.2 Å². The van der Waals surface area contributed by atoms with Crippen molar-refractivity contribution >= 4 is 0 Å². The minimum absolute atomic E-state index is 0.0787. The highest BCUT2D eigenvalue weighted by atomic mass is 16.5. The fourth-order valence-corrected chi connectivity index (χ4v) is 2.24. The van der Waals surface area contributed by atoms with Gasteiger partial charge in [-0.05, 0) is 26.7 Å². The molecule has 0 saturated carbocycles. The Kier molecular flexibility index (Phi) is 3.14. The van der Waals surface area contributed by atoms with E-state index in [9.17, 15) is 0 Å². The molecule has 2 heteroatoms. The highest BCUT2D eigenvalue weighted by molar-refractivity contribution is 5.07. The predicted octanol–water partition coefficient (Wildman–Crippen LogP) is 1.95. The molecule has 2 nitrogen and oxygen atoms in total. The van der Waals surface area contributed by atoms with Crippen molar-refractivity contribution in [1.82, 2.24) is 0 Å². The van der Waals surface area contributed by atoms with Crippen LogP contribution in [0.2, 0.25) is 0 Å². The zero-order valence-corrected chi connectivity index (χ0v) is 9.08. The lowest BCUT2D eigenvalue weighted by Crippen LogP contribution is -2.38. The molecule has 13 heavy (non-hydrogen) atoms. The van der Waals surface area contributed by atoms with Crippen LogP contribution in [-0.2, 0) is 4.74 Å². The SMILES string of the molecule is C=C(C)C(N)C1C(C)OC(C)C1C. The summed E-state index contributed by atoms with van der Waals surface area (Å²) in [7, 11) is 0. The second kappa shape index (κ2) is 3.81. The van der Waals surface area contributed by atoms with Crippen LogP contribution >= 0.6 is 0 Å². The zero-order valence-electron chi connectivity index (χ0n) is 9.08. The summed E-state index contributed by atoms with van der Waals surface area (Å²) in [6, 6.07) is 0.0787. The third-order valence-corrected chi connectivity index (χ3v) is 3.30. The van der Waals surface area contributed by atoms with E-state index in [-0.39, 0.29) is 12.1 Å². The van der Waals surface area contributed by atoms with E-state index in [2.05, 4.69) is 27.4 Å². The molecule has 76 valence electrons. The molecule has 5 atom stereocenters. The largest absolute Gasteiger partial charge is 0.375 e. The van der Waals surface area contributed by atoms with Crippen molar-refractivity contribution in [3.8, 4) is 0 Å². The molecule has 1 fully saturated rings. The van der Waals surface area contributed by atoms with Crippen molar-refractivity contribution in [3.63, 3.8) is 0 Å². The molecule has 0 aromatic carbocycles. The maximum atomic E-state index is 6.09. The molecule has 2 N–H and O–H groups in total. The summed E-state index contributed by atoms with van der Waals surface area (Å²) in [5.74, 6) is 0.953. The van der Waals surface area contributed by atoms with Gasteiger partial charge >= 0.3 is 0 Å². The predicted molar refractivity (Wildman–Crippen MR) is 55.5 cm³/mol. The first-order valence-corrected chi connectivity index (χ1v) is 5.01. The van der Waals surface area contributed by atoms with E-state index >= 15 is 0 Å². The summed E-state index contributed by atoms with van der Waals surface area (Å²) in [6.07, 6.45) is 0.585. The van der Waals surface area contributed by atoms with Crippen LogP contribution in [0, 0.1) is 11.8 Å². The van der Waals surface area contributed by atoms with Crippen LogP contribution in [0.15, 0.2) is 12.2 Å². The van der Waals surface area contributed by atoms with Crippen LogP contribution in [0.3, 0.4) is 0 Å². The van der Waals surface area contributed by atoms with Gasteiger partial charge < -0.3 is 10.5 Å². The molecule has 1 saturated heterocycles. The third kappa shape index (κ3) is 1.94. The average molecular weight is 183 g/mol. The van der Waals surface area contributed by atoms with Gasteiger partial charge in [-0.1, -0.05) is 19.1 Å². The van der Waals surface area contributed by atoms with Gasteiger partial charge in [0, 0.05) is 12.0 Å². The van der Waals surface area contributed by atoms with Crippen LogP contribution < -0.4 is 5.73 Å². The lowest BCUT2D eigenvalue weighted by molar-refractivity contribution is 0.0499. The van der Waals surface area contributed by atoms with Gasteiger partial charge in [0.2, 0.25) is 0 Å². The summed E-state index contributed by atoms with van der Waals surface area (Å²) >= 11 is 0. The molecule has 0 spiro atoms. The Morgan fingerprint density at radius 3 is 2.15 bits per heavy atom. The first kappa shape index (κ1) is 10.7. The number of ether oxygens (including phenoxy) is 1. The van der Waals surface area contributed by atoms with E-state index in [4.69, 9.17) is 10.5 Å². The highest BCUT2D eigenvalue weighted by Gasteiger charge is 2.40. The third-order valence-electron chi connectivity index (χ3n) is 3.30. The first-order valence-electron chi connectivity index (χ1n) is 5.01. The van der Waals surface area contributed by atoms with Crippen molar-refractivity contribution in [1.29, 1.82) is 0 Å². The first-order chi connectivity index (χ1) is 5.95. The van der Waals surface area contributed by atoms with Gasteiger partial charge in [-0.2, -0.15) is 0 Å². The van der Waals surface area contributed by atoms with Crippen LogP contribution in [0.4, 0.5) is 0 Å². The van der Waals surface area contributed by atoms with Crippen molar-refractivity contribution in [2.24, 2.45) is 17.6 Å². The minimum Gasteiger partial charge on any atom is -0.375 e. The fourth-order valence-electron chi connectivity index (χ4n) is 2.24. The van der Waals surface area contributed by atoms with Gasteiger partial charge in [-0.25, -0.2) is 0 Å². The maximum Gasteiger partial charge on any atom is 0.0600 e. The molecule has 1 heterocycles. The summed E-state index contributed by atoms with van der Waals surface area (Å²) in [5.41, 5.74) is 7.14. The van der Waals surface area contributed by atoms with Gasteiger partial charge in [-0.3, -0.25) is 0 Å². The lowest BCUT2D eigenvalue weighted by atomic mass is 9.81.